The van der Waals surface area contributed by atoms with Crippen molar-refractivity contribution < 1.29 is 27.2 Å². The minimum Gasteiger partial charge on any atom is -0.356 e. The van der Waals surface area contributed by atoms with Gasteiger partial charge in [0.25, 0.3) is 0 Å². The molecule has 1 aromatic rings. The maximum Gasteiger partial charge on any atom is 0.406 e. The Hall–Kier alpha value is -2.12. The van der Waals surface area contributed by atoms with Gasteiger partial charge in [-0.05, 0) is 30.5 Å². The van der Waals surface area contributed by atoms with Crippen LogP contribution in [-0.4, -0.2) is 42.5 Å². The first kappa shape index (κ1) is 18.2. The van der Waals surface area contributed by atoms with E-state index in [2.05, 4.69) is 5.32 Å². The fourth-order valence-electron chi connectivity index (χ4n) is 2.66. The van der Waals surface area contributed by atoms with Crippen LogP contribution in [0.4, 0.5) is 17.6 Å². The highest BCUT2D eigenvalue weighted by Gasteiger charge is 2.40. The van der Waals surface area contributed by atoms with Gasteiger partial charge in [0.15, 0.2) is 0 Å². The fourth-order valence-corrected chi connectivity index (χ4v) is 2.66. The largest absolute Gasteiger partial charge is 0.406 e. The number of carbonyl (C=O) groups is 2. The topological polar surface area (TPSA) is 49.4 Å². The Morgan fingerprint density at radius 3 is 2.75 bits per heavy atom. The molecule has 0 radical (unpaired) electrons. The summed E-state index contributed by atoms with van der Waals surface area (Å²) in [4.78, 5) is 24.1. The molecule has 4 nitrogen and oxygen atoms in total. The van der Waals surface area contributed by atoms with Crippen LogP contribution in [0.2, 0.25) is 0 Å². The first-order valence-corrected chi connectivity index (χ1v) is 7.61. The molecular formula is C16H18F4N2O2. The van der Waals surface area contributed by atoms with Gasteiger partial charge in [0.1, 0.15) is 12.4 Å². The lowest BCUT2D eigenvalue weighted by atomic mass is 10.1. The van der Waals surface area contributed by atoms with E-state index in [9.17, 15) is 27.2 Å². The van der Waals surface area contributed by atoms with E-state index in [0.717, 1.165) is 5.56 Å². The Balaban J connectivity index is 1.72. The maximum absolute atomic E-state index is 13.0. The van der Waals surface area contributed by atoms with E-state index in [4.69, 9.17) is 0 Å². The van der Waals surface area contributed by atoms with E-state index in [0.29, 0.717) is 24.3 Å². The molecule has 1 heterocycles. The number of halogens is 4. The van der Waals surface area contributed by atoms with Crippen LogP contribution in [0.3, 0.4) is 0 Å². The second-order valence-corrected chi connectivity index (χ2v) is 5.81. The van der Waals surface area contributed by atoms with Crippen LogP contribution in [0, 0.1) is 11.7 Å². The minimum atomic E-state index is -4.47. The first-order chi connectivity index (χ1) is 11.2. The number of alkyl halides is 3. The van der Waals surface area contributed by atoms with Crippen molar-refractivity contribution in [1.29, 1.82) is 0 Å². The molecule has 1 saturated heterocycles. The normalized spacial score (nSPS) is 18.1. The number of aryl methyl sites for hydroxylation is 1. The van der Waals surface area contributed by atoms with Crippen molar-refractivity contribution in [3.8, 4) is 0 Å². The quantitative estimate of drug-likeness (QED) is 0.635. The molecule has 2 amide bonds. The van der Waals surface area contributed by atoms with Gasteiger partial charge in [-0.2, -0.15) is 13.2 Å². The third-order valence-electron chi connectivity index (χ3n) is 3.79. The Morgan fingerprint density at radius 2 is 2.08 bits per heavy atom. The van der Waals surface area contributed by atoms with Gasteiger partial charge in [0, 0.05) is 19.5 Å². The summed E-state index contributed by atoms with van der Waals surface area (Å²) in [6.07, 6.45) is -3.53. The highest BCUT2D eigenvalue weighted by atomic mass is 19.4. The summed E-state index contributed by atoms with van der Waals surface area (Å²) in [5.41, 5.74) is 0.802. The number of carbonyl (C=O) groups excluding carboxylic acids is 2. The van der Waals surface area contributed by atoms with Crippen LogP contribution in [-0.2, 0) is 16.0 Å². The number of amides is 2. The summed E-state index contributed by atoms with van der Waals surface area (Å²) in [7, 11) is 0. The molecule has 1 atom stereocenters. The lowest BCUT2D eigenvalue weighted by molar-refractivity contribution is -0.157. The van der Waals surface area contributed by atoms with Gasteiger partial charge in [-0.15, -0.1) is 0 Å². The lowest BCUT2D eigenvalue weighted by Gasteiger charge is -2.18. The smallest absolute Gasteiger partial charge is 0.356 e. The van der Waals surface area contributed by atoms with Crippen molar-refractivity contribution in [1.82, 2.24) is 10.2 Å². The molecule has 2 rings (SSSR count). The predicted octanol–water partition coefficient (Wildman–Crippen LogP) is 2.29. The van der Waals surface area contributed by atoms with Crippen LogP contribution >= 0.6 is 0 Å². The molecule has 0 aliphatic carbocycles. The zero-order chi connectivity index (χ0) is 17.7. The molecule has 1 fully saturated rings. The monoisotopic (exact) mass is 346 g/mol. The molecule has 0 saturated carbocycles. The molecule has 8 heteroatoms. The average Bonchev–Trinajstić information content (AvgIpc) is 2.83. The average molecular weight is 346 g/mol. The van der Waals surface area contributed by atoms with Gasteiger partial charge < -0.3 is 10.2 Å². The molecule has 0 unspecified atom stereocenters. The van der Waals surface area contributed by atoms with Crippen LogP contribution in [0.1, 0.15) is 18.4 Å². The molecule has 1 N–H and O–H groups in total. The molecule has 1 aromatic carbocycles. The highest BCUT2D eigenvalue weighted by Crippen LogP contribution is 2.23. The van der Waals surface area contributed by atoms with Crippen molar-refractivity contribution in [2.45, 2.75) is 25.4 Å². The standard InChI is InChI=1S/C16H18F4N2O2/c17-13-5-1-3-11(7-13)4-2-6-21-15(24)12-8-14(23)22(9-12)10-16(18,19)20/h1,3,5,7,12H,2,4,6,8-10H2,(H,21,24)/t12-/m0/s1. The van der Waals surface area contributed by atoms with E-state index < -0.39 is 30.5 Å². The van der Waals surface area contributed by atoms with Crippen molar-refractivity contribution in [2.24, 2.45) is 5.92 Å². The van der Waals surface area contributed by atoms with E-state index in [-0.39, 0.29) is 18.8 Å². The Bertz CT molecular complexity index is 604. The molecule has 1 aliphatic heterocycles. The Morgan fingerprint density at radius 1 is 1.33 bits per heavy atom. The number of benzene rings is 1. The van der Waals surface area contributed by atoms with Gasteiger partial charge >= 0.3 is 6.18 Å². The summed E-state index contributed by atoms with van der Waals surface area (Å²) in [5.74, 6) is -2.17. The first-order valence-electron chi connectivity index (χ1n) is 7.61. The number of likely N-dealkylation sites (tertiary alicyclic amines) is 1. The molecule has 0 spiro atoms. The summed E-state index contributed by atoms with van der Waals surface area (Å²) in [5, 5.41) is 2.62. The minimum absolute atomic E-state index is 0.203. The number of hydrogen-bond donors (Lipinski definition) is 1. The van der Waals surface area contributed by atoms with Crippen molar-refractivity contribution in [2.75, 3.05) is 19.6 Å². The van der Waals surface area contributed by atoms with Crippen LogP contribution in [0.25, 0.3) is 0 Å². The third kappa shape index (κ3) is 5.50. The summed E-state index contributed by atoms with van der Waals surface area (Å²) >= 11 is 0. The van der Waals surface area contributed by atoms with E-state index in [1.807, 2.05) is 0 Å². The van der Waals surface area contributed by atoms with Crippen LogP contribution < -0.4 is 5.32 Å². The molecule has 0 aromatic heterocycles. The van der Waals surface area contributed by atoms with Crippen LogP contribution in [0.5, 0.6) is 0 Å². The molecule has 132 valence electrons. The highest BCUT2D eigenvalue weighted by molar-refractivity contribution is 5.89. The number of hydrogen-bond acceptors (Lipinski definition) is 2. The number of rotatable bonds is 6. The SMILES string of the molecule is O=C(NCCCc1cccc(F)c1)[C@H]1CC(=O)N(CC(F)(F)F)C1. The van der Waals surface area contributed by atoms with Crippen LogP contribution in [0.15, 0.2) is 24.3 Å². The van der Waals surface area contributed by atoms with E-state index in [1.165, 1.54) is 12.1 Å². The van der Waals surface area contributed by atoms with Gasteiger partial charge in [-0.3, -0.25) is 9.59 Å². The van der Waals surface area contributed by atoms with E-state index >= 15 is 0 Å². The van der Waals surface area contributed by atoms with E-state index in [1.54, 1.807) is 12.1 Å². The van der Waals surface area contributed by atoms with Crippen molar-refractivity contribution >= 4 is 11.8 Å². The third-order valence-corrected chi connectivity index (χ3v) is 3.79. The second-order valence-electron chi connectivity index (χ2n) is 5.81. The Kier molecular flexibility index (Phi) is 5.80. The number of nitrogens with one attached hydrogen (secondary N) is 1. The van der Waals surface area contributed by atoms with Gasteiger partial charge in [-0.1, -0.05) is 12.1 Å². The van der Waals surface area contributed by atoms with Gasteiger partial charge in [0.2, 0.25) is 11.8 Å². The molecule has 24 heavy (non-hydrogen) atoms. The summed E-state index contributed by atoms with van der Waals surface area (Å²) in [6.45, 7) is -1.22. The molecule has 0 bridgehead atoms. The van der Waals surface area contributed by atoms with Crippen molar-refractivity contribution in [3.63, 3.8) is 0 Å². The maximum atomic E-state index is 13.0. The molecular weight excluding hydrogens is 328 g/mol. The van der Waals surface area contributed by atoms with Gasteiger partial charge in [-0.25, -0.2) is 4.39 Å². The predicted molar refractivity (Wildman–Crippen MR) is 78.5 cm³/mol. The van der Waals surface area contributed by atoms with Crippen molar-refractivity contribution in [3.05, 3.63) is 35.6 Å². The Labute approximate surface area is 136 Å². The summed E-state index contributed by atoms with van der Waals surface area (Å²) in [6, 6.07) is 6.12. The fraction of sp³-hybridized carbons (Fsp3) is 0.500. The van der Waals surface area contributed by atoms with Gasteiger partial charge in [0.05, 0.1) is 5.92 Å². The zero-order valence-corrected chi connectivity index (χ0v) is 12.9. The molecule has 1 aliphatic rings. The number of nitrogens with zero attached hydrogens (tertiary/aromatic N) is 1. The lowest BCUT2D eigenvalue weighted by Crippen LogP contribution is -2.37. The summed E-state index contributed by atoms with van der Waals surface area (Å²) < 4.78 is 50.0. The zero-order valence-electron chi connectivity index (χ0n) is 12.9. The second kappa shape index (κ2) is 7.63.